The highest BCUT2D eigenvalue weighted by Crippen LogP contribution is 2.13. The Balaban J connectivity index is 6.25. The van der Waals surface area contributed by atoms with Crippen LogP contribution in [-0.4, -0.2) is 126 Å². The van der Waals surface area contributed by atoms with Crippen molar-refractivity contribution in [3.05, 3.63) is 0 Å². The normalized spacial score (nSPS) is 15.3. The molecule has 0 aliphatic rings. The maximum absolute atomic E-state index is 13.8. The first kappa shape index (κ1) is 54.5. The van der Waals surface area contributed by atoms with Crippen molar-refractivity contribution >= 4 is 59.1 Å². The van der Waals surface area contributed by atoms with E-state index in [0.29, 0.717) is 32.2 Å². The van der Waals surface area contributed by atoms with Crippen molar-refractivity contribution in [2.45, 2.75) is 149 Å². The first-order chi connectivity index (χ1) is 28.1. The summed E-state index contributed by atoms with van der Waals surface area (Å²) >= 11 is 0. The van der Waals surface area contributed by atoms with Crippen LogP contribution in [0.1, 0.15) is 107 Å². The van der Waals surface area contributed by atoms with E-state index >= 15 is 0 Å². The molecule has 22 heteroatoms. The summed E-state index contributed by atoms with van der Waals surface area (Å²) in [5.41, 5.74) is 16.0. The monoisotopic (exact) mass is 855 g/mol. The Labute approximate surface area is 352 Å². The molecule has 9 amide bonds. The smallest absolute Gasteiger partial charge is 0.245 e. The number of rotatable bonds is 29. The highest BCUT2D eigenvalue weighted by Gasteiger charge is 2.36. The Morgan fingerprint density at radius 3 is 1.48 bits per heavy atom. The number of guanidine groups is 1. The van der Waals surface area contributed by atoms with Gasteiger partial charge in [-0.3, -0.25) is 48.1 Å². The number of aliphatic imine (C=N–C) groups is 1. The van der Waals surface area contributed by atoms with Crippen molar-refractivity contribution in [1.82, 2.24) is 42.5 Å². The molecular formula is C38H70N12O10. The molecule has 9 atom stereocenters. The van der Waals surface area contributed by atoms with Crippen molar-refractivity contribution < 1.29 is 48.3 Å². The molecule has 0 saturated heterocycles. The topological polar surface area (TPSA) is 361 Å². The summed E-state index contributed by atoms with van der Waals surface area (Å²) in [4.78, 5) is 120. The number of aliphatic hydroxyl groups excluding tert-OH is 1. The maximum atomic E-state index is 13.8. The molecule has 0 aliphatic heterocycles. The molecule has 22 nitrogen and oxygen atoms in total. The standard InChI is InChI=1S/C38H70N12O10/c1-9-14-24(33(56)48-29(20(5)10-2)35(58)47-25(32(55)42-12-4)15-13-18-43-38(40)41)46-37(60)31(22(7)51)50-36(59)30(21(6)11-3)49-34(57)26(16-17-27(39)53)45-28(54)19-44-23(8)52/h20-22,24-26,29-31,51H,9-19H2,1-8H3,(H2,39,53)(H,42,55)(H,44,52)(H,45,54)(H,46,60)(H,47,58)(H,48,56)(H,49,57)(H,50,59)(H4,40,41,43)/t20-,21-,22+,24-,25-,26-,29-,30+,31-/m0/s1. The van der Waals surface area contributed by atoms with Crippen LogP contribution >= 0.6 is 0 Å². The van der Waals surface area contributed by atoms with Gasteiger partial charge in [0.25, 0.3) is 0 Å². The molecule has 0 heterocycles. The zero-order chi connectivity index (χ0) is 46.1. The highest BCUT2D eigenvalue weighted by atomic mass is 16.3. The number of nitrogens with two attached hydrogens (primary N) is 3. The van der Waals surface area contributed by atoms with Gasteiger partial charge in [-0.2, -0.15) is 0 Å². The lowest BCUT2D eigenvalue weighted by molar-refractivity contribution is -0.138. The minimum atomic E-state index is -1.62. The quantitative estimate of drug-likeness (QED) is 0.0201. The molecule has 0 rings (SSSR count). The maximum Gasteiger partial charge on any atom is 0.245 e. The molecule has 342 valence electrons. The Bertz CT molecular complexity index is 1490. The van der Waals surface area contributed by atoms with Gasteiger partial charge in [-0.1, -0.05) is 53.9 Å². The Morgan fingerprint density at radius 2 is 1.05 bits per heavy atom. The van der Waals surface area contributed by atoms with Gasteiger partial charge >= 0.3 is 0 Å². The Morgan fingerprint density at radius 1 is 0.583 bits per heavy atom. The number of primary amides is 1. The fraction of sp³-hybridized carbons (Fsp3) is 0.737. The number of amides is 9. The number of nitrogens with zero attached hydrogens (tertiary/aromatic N) is 1. The van der Waals surface area contributed by atoms with E-state index < -0.39 is 114 Å². The molecule has 0 spiro atoms. The van der Waals surface area contributed by atoms with Crippen molar-refractivity contribution in [3.8, 4) is 0 Å². The molecular weight excluding hydrogens is 784 g/mol. The van der Waals surface area contributed by atoms with E-state index in [9.17, 15) is 48.3 Å². The summed E-state index contributed by atoms with van der Waals surface area (Å²) in [6.07, 6.45) is -0.133. The van der Waals surface area contributed by atoms with Gasteiger partial charge in [-0.05, 0) is 51.4 Å². The molecule has 0 aromatic carbocycles. The number of likely N-dealkylation sites (N-methyl/N-ethyl adjacent to an activating group) is 1. The van der Waals surface area contributed by atoms with Gasteiger partial charge in [0.05, 0.1) is 12.6 Å². The fourth-order valence-corrected chi connectivity index (χ4v) is 5.72. The van der Waals surface area contributed by atoms with E-state index in [4.69, 9.17) is 17.2 Å². The summed E-state index contributed by atoms with van der Waals surface area (Å²) in [6.45, 7) is 12.9. The highest BCUT2D eigenvalue weighted by molar-refractivity contribution is 5.97. The zero-order valence-electron chi connectivity index (χ0n) is 36.3. The fourth-order valence-electron chi connectivity index (χ4n) is 5.72. The number of nitrogens with one attached hydrogen (secondary N) is 8. The number of hydrogen-bond donors (Lipinski definition) is 12. The van der Waals surface area contributed by atoms with Gasteiger partial charge in [0.2, 0.25) is 53.2 Å². The van der Waals surface area contributed by atoms with Gasteiger partial charge < -0.3 is 64.8 Å². The number of aliphatic hydroxyl groups is 1. The first-order valence-corrected chi connectivity index (χ1v) is 20.5. The minimum Gasteiger partial charge on any atom is -0.391 e. The van der Waals surface area contributed by atoms with Crippen molar-refractivity contribution in [3.63, 3.8) is 0 Å². The zero-order valence-corrected chi connectivity index (χ0v) is 36.3. The lowest BCUT2D eigenvalue weighted by Gasteiger charge is -2.30. The second-order valence-corrected chi connectivity index (χ2v) is 14.8. The molecule has 0 radical (unpaired) electrons. The van der Waals surface area contributed by atoms with Crippen LogP contribution in [0.4, 0.5) is 0 Å². The summed E-state index contributed by atoms with van der Waals surface area (Å²) in [5, 5.41) is 31.1. The van der Waals surface area contributed by atoms with Gasteiger partial charge in [0, 0.05) is 26.4 Å². The predicted molar refractivity (Wildman–Crippen MR) is 223 cm³/mol. The van der Waals surface area contributed by atoms with E-state index in [-0.39, 0.29) is 38.2 Å². The minimum absolute atomic E-state index is 0.102. The van der Waals surface area contributed by atoms with Crippen molar-refractivity contribution in [1.29, 1.82) is 0 Å². The largest absolute Gasteiger partial charge is 0.391 e. The number of carbonyl (C=O) groups is 9. The molecule has 0 bridgehead atoms. The average molecular weight is 855 g/mol. The van der Waals surface area contributed by atoms with Crippen LogP contribution in [0, 0.1) is 11.8 Å². The van der Waals surface area contributed by atoms with Gasteiger partial charge in [-0.25, -0.2) is 0 Å². The van der Waals surface area contributed by atoms with E-state index in [1.54, 1.807) is 34.6 Å². The van der Waals surface area contributed by atoms with Gasteiger partial charge in [0.15, 0.2) is 5.96 Å². The van der Waals surface area contributed by atoms with Crippen molar-refractivity contribution in [2.75, 3.05) is 19.6 Å². The average Bonchev–Trinajstić information content (AvgIpc) is 3.18. The van der Waals surface area contributed by atoms with Crippen LogP contribution in [0.25, 0.3) is 0 Å². The second kappa shape index (κ2) is 28.8. The van der Waals surface area contributed by atoms with Crippen LogP contribution in [0.3, 0.4) is 0 Å². The van der Waals surface area contributed by atoms with Gasteiger partial charge in [-0.15, -0.1) is 0 Å². The summed E-state index contributed by atoms with van der Waals surface area (Å²) in [6, 6.07) is -7.58. The van der Waals surface area contributed by atoms with Crippen LogP contribution in [0.15, 0.2) is 4.99 Å². The second-order valence-electron chi connectivity index (χ2n) is 14.8. The molecule has 15 N–H and O–H groups in total. The number of carbonyl (C=O) groups excluding carboxylic acids is 9. The van der Waals surface area contributed by atoms with E-state index in [2.05, 4.69) is 47.5 Å². The third-order valence-corrected chi connectivity index (χ3v) is 9.62. The molecule has 60 heavy (non-hydrogen) atoms. The summed E-state index contributed by atoms with van der Waals surface area (Å²) in [7, 11) is 0. The molecule has 0 aromatic heterocycles. The SMILES string of the molecule is CCC[C@H](NC(=O)[C@@H](NC(=O)[C@H](NC(=O)[C@H](CCC(N)=O)NC(=O)CNC(C)=O)[C@@H](C)CC)[C@@H](C)O)C(=O)N[C@H](C(=O)N[C@@H](CCCN=C(N)N)C(=O)NCC)[C@@H](C)CC. The lowest BCUT2D eigenvalue weighted by Crippen LogP contribution is -2.62. The Hall–Kier alpha value is -5.54. The van der Waals surface area contributed by atoms with Gasteiger partial charge in [0.1, 0.15) is 36.3 Å². The third-order valence-electron chi connectivity index (χ3n) is 9.62. The van der Waals surface area contributed by atoms with Crippen LogP contribution in [0.2, 0.25) is 0 Å². The molecule has 0 unspecified atom stereocenters. The number of hydrogen-bond acceptors (Lipinski definition) is 11. The van der Waals surface area contributed by atoms with Crippen LogP contribution in [0.5, 0.6) is 0 Å². The van der Waals surface area contributed by atoms with E-state index in [1.807, 2.05) is 6.92 Å². The lowest BCUT2D eigenvalue weighted by atomic mass is 9.96. The molecule has 0 saturated carbocycles. The van der Waals surface area contributed by atoms with Crippen LogP contribution < -0.4 is 59.7 Å². The third kappa shape index (κ3) is 20.9. The molecule has 0 aromatic rings. The summed E-state index contributed by atoms with van der Waals surface area (Å²) < 4.78 is 0. The van der Waals surface area contributed by atoms with Crippen molar-refractivity contribution in [2.24, 2.45) is 34.0 Å². The van der Waals surface area contributed by atoms with E-state index in [1.165, 1.54) is 13.8 Å². The molecule has 0 fully saturated rings. The van der Waals surface area contributed by atoms with Crippen LogP contribution in [-0.2, 0) is 43.2 Å². The molecule has 0 aliphatic carbocycles. The first-order valence-electron chi connectivity index (χ1n) is 20.5. The van der Waals surface area contributed by atoms with E-state index in [0.717, 1.165) is 0 Å². The summed E-state index contributed by atoms with van der Waals surface area (Å²) in [5.74, 6) is -7.53. The Kier molecular flexibility index (Phi) is 26.2. The predicted octanol–water partition coefficient (Wildman–Crippen LogP) is -3.24.